The molecule has 1 N–H and O–H groups in total. The van der Waals surface area contributed by atoms with Gasteiger partial charge in [-0.2, -0.15) is 10.5 Å². The zero-order chi connectivity index (χ0) is 14.6. The summed E-state index contributed by atoms with van der Waals surface area (Å²) in [7, 11) is -3.96. The summed E-state index contributed by atoms with van der Waals surface area (Å²) in [5.41, 5.74) is 0.112. The summed E-state index contributed by atoms with van der Waals surface area (Å²) in [6.07, 6.45) is 2.57. The lowest BCUT2D eigenvalue weighted by molar-refractivity contribution is 0.600. The number of hydrogen-bond acceptors (Lipinski definition) is 6. The molecule has 7 nitrogen and oxygen atoms in total. The third-order valence-electron chi connectivity index (χ3n) is 2.30. The van der Waals surface area contributed by atoms with Crippen LogP contribution < -0.4 is 4.72 Å². The van der Waals surface area contributed by atoms with Gasteiger partial charge < -0.3 is 0 Å². The third-order valence-corrected chi connectivity index (χ3v) is 3.68. The molecule has 0 spiro atoms. The minimum atomic E-state index is -3.96. The SMILES string of the molecule is N#Cc1ccc(NS(=O)(=O)c2cccnc2C#N)nc1. The van der Waals surface area contributed by atoms with Crippen molar-refractivity contribution in [3.63, 3.8) is 0 Å². The molecule has 0 radical (unpaired) electrons. The number of pyridine rings is 2. The summed E-state index contributed by atoms with van der Waals surface area (Å²) in [5.74, 6) is 0.0525. The molecule has 0 aliphatic rings. The lowest BCUT2D eigenvalue weighted by atomic mass is 10.3. The molecule has 0 saturated carbocycles. The number of nitrogens with one attached hydrogen (secondary N) is 1. The number of rotatable bonds is 3. The quantitative estimate of drug-likeness (QED) is 0.899. The Morgan fingerprint density at radius 3 is 2.50 bits per heavy atom. The maximum absolute atomic E-state index is 12.1. The third kappa shape index (κ3) is 2.71. The van der Waals surface area contributed by atoms with Gasteiger partial charge in [0.2, 0.25) is 0 Å². The van der Waals surface area contributed by atoms with Crippen molar-refractivity contribution in [1.29, 1.82) is 10.5 Å². The van der Waals surface area contributed by atoms with Crippen LogP contribution in [0.5, 0.6) is 0 Å². The average molecular weight is 285 g/mol. The molecule has 2 rings (SSSR count). The maximum Gasteiger partial charge on any atom is 0.265 e. The van der Waals surface area contributed by atoms with E-state index in [2.05, 4.69) is 14.7 Å². The van der Waals surface area contributed by atoms with Gasteiger partial charge in [0.25, 0.3) is 10.0 Å². The van der Waals surface area contributed by atoms with Crippen molar-refractivity contribution in [3.05, 3.63) is 47.9 Å². The lowest BCUT2D eigenvalue weighted by Crippen LogP contribution is -2.15. The van der Waals surface area contributed by atoms with Gasteiger partial charge in [0.05, 0.1) is 5.56 Å². The summed E-state index contributed by atoms with van der Waals surface area (Å²) >= 11 is 0. The number of sulfonamides is 1. The molecule has 20 heavy (non-hydrogen) atoms. The Kier molecular flexibility index (Phi) is 3.60. The highest BCUT2D eigenvalue weighted by molar-refractivity contribution is 7.92. The molecule has 8 heteroatoms. The largest absolute Gasteiger partial charge is 0.265 e. The smallest absolute Gasteiger partial charge is 0.263 e. The molecule has 0 unspecified atom stereocenters. The molecule has 2 aromatic heterocycles. The monoisotopic (exact) mass is 285 g/mol. The van der Waals surface area contributed by atoms with Crippen LogP contribution in [0.1, 0.15) is 11.3 Å². The predicted molar refractivity (Wildman–Crippen MR) is 68.7 cm³/mol. The molecule has 0 bridgehead atoms. The molecule has 0 saturated heterocycles. The van der Waals surface area contributed by atoms with E-state index in [1.54, 1.807) is 6.07 Å². The van der Waals surface area contributed by atoms with E-state index in [-0.39, 0.29) is 16.4 Å². The fourth-order valence-electron chi connectivity index (χ4n) is 1.40. The second kappa shape index (κ2) is 5.34. The Balaban J connectivity index is 2.36. The Morgan fingerprint density at radius 1 is 1.10 bits per heavy atom. The predicted octanol–water partition coefficient (Wildman–Crippen LogP) is 1.02. The molecule has 0 aromatic carbocycles. The standard InChI is InChI=1S/C12H7N5O2S/c13-6-9-3-4-12(16-8-9)17-20(18,19)11-2-1-5-15-10(11)7-14/h1-5,8H,(H,16,17). The zero-order valence-corrected chi connectivity index (χ0v) is 10.8. The Labute approximate surface area is 115 Å². The van der Waals surface area contributed by atoms with Gasteiger partial charge in [-0.25, -0.2) is 18.4 Å². The average Bonchev–Trinajstić information content (AvgIpc) is 2.47. The first-order valence-electron chi connectivity index (χ1n) is 5.31. The Hall–Kier alpha value is -2.97. The minimum Gasteiger partial charge on any atom is -0.263 e. The van der Waals surface area contributed by atoms with E-state index in [1.807, 2.05) is 6.07 Å². The molecule has 0 amide bonds. The van der Waals surface area contributed by atoms with Gasteiger partial charge in [-0.1, -0.05) is 0 Å². The molecular formula is C12H7N5O2S. The van der Waals surface area contributed by atoms with Gasteiger partial charge in [0.15, 0.2) is 5.69 Å². The second-order valence-corrected chi connectivity index (χ2v) is 5.26. The van der Waals surface area contributed by atoms with E-state index in [4.69, 9.17) is 10.5 Å². The van der Waals surface area contributed by atoms with Crippen molar-refractivity contribution in [2.24, 2.45) is 0 Å². The summed E-state index contributed by atoms with van der Waals surface area (Å²) in [6.45, 7) is 0. The van der Waals surface area contributed by atoms with Crippen LogP contribution in [0.4, 0.5) is 5.82 Å². The highest BCUT2D eigenvalue weighted by Crippen LogP contribution is 2.16. The van der Waals surface area contributed by atoms with Crippen LogP contribution in [0.2, 0.25) is 0 Å². The molecule has 0 atom stereocenters. The highest BCUT2D eigenvalue weighted by Gasteiger charge is 2.19. The van der Waals surface area contributed by atoms with E-state index in [0.29, 0.717) is 5.56 Å². The fraction of sp³-hybridized carbons (Fsp3) is 0. The molecule has 0 aliphatic heterocycles. The topological polar surface area (TPSA) is 120 Å². The van der Waals surface area contributed by atoms with Crippen molar-refractivity contribution in [1.82, 2.24) is 9.97 Å². The van der Waals surface area contributed by atoms with Gasteiger partial charge in [0.1, 0.15) is 22.9 Å². The minimum absolute atomic E-state index is 0.0525. The Bertz CT molecular complexity index is 816. The van der Waals surface area contributed by atoms with Crippen molar-refractivity contribution in [3.8, 4) is 12.1 Å². The number of nitriles is 2. The second-order valence-electron chi connectivity index (χ2n) is 3.61. The van der Waals surface area contributed by atoms with Gasteiger partial charge >= 0.3 is 0 Å². The van der Waals surface area contributed by atoms with E-state index in [1.165, 1.54) is 36.7 Å². The zero-order valence-electron chi connectivity index (χ0n) is 9.98. The lowest BCUT2D eigenvalue weighted by Gasteiger charge is -2.07. The summed E-state index contributed by atoms with van der Waals surface area (Å²) < 4.78 is 26.5. The van der Waals surface area contributed by atoms with E-state index in [0.717, 1.165) is 0 Å². The van der Waals surface area contributed by atoms with Gasteiger partial charge in [-0.3, -0.25) is 4.72 Å². The Morgan fingerprint density at radius 2 is 1.90 bits per heavy atom. The molecule has 2 aromatic rings. The van der Waals surface area contributed by atoms with Gasteiger partial charge in [0, 0.05) is 12.4 Å². The van der Waals surface area contributed by atoms with Crippen LogP contribution in [-0.2, 0) is 10.0 Å². The first kappa shape index (κ1) is 13.5. The van der Waals surface area contributed by atoms with Crippen molar-refractivity contribution < 1.29 is 8.42 Å². The van der Waals surface area contributed by atoms with Crippen LogP contribution in [0.15, 0.2) is 41.6 Å². The van der Waals surface area contributed by atoms with Crippen LogP contribution >= 0.6 is 0 Å². The maximum atomic E-state index is 12.1. The van der Waals surface area contributed by atoms with Crippen molar-refractivity contribution >= 4 is 15.8 Å². The highest BCUT2D eigenvalue weighted by atomic mass is 32.2. The fourth-order valence-corrected chi connectivity index (χ4v) is 2.52. The first-order valence-corrected chi connectivity index (χ1v) is 6.79. The van der Waals surface area contributed by atoms with E-state index >= 15 is 0 Å². The van der Waals surface area contributed by atoms with E-state index in [9.17, 15) is 8.42 Å². The van der Waals surface area contributed by atoms with Crippen LogP contribution in [0.3, 0.4) is 0 Å². The summed E-state index contributed by atoms with van der Waals surface area (Å²) in [6, 6.07) is 9.07. The van der Waals surface area contributed by atoms with Crippen LogP contribution in [-0.4, -0.2) is 18.4 Å². The number of nitrogens with zero attached hydrogens (tertiary/aromatic N) is 4. The molecule has 2 heterocycles. The van der Waals surface area contributed by atoms with Crippen molar-refractivity contribution in [2.75, 3.05) is 4.72 Å². The van der Waals surface area contributed by atoms with Crippen LogP contribution in [0.25, 0.3) is 0 Å². The number of anilines is 1. The summed E-state index contributed by atoms with van der Waals surface area (Å²) in [5, 5.41) is 17.5. The molecule has 98 valence electrons. The van der Waals surface area contributed by atoms with Gasteiger partial charge in [-0.05, 0) is 24.3 Å². The number of aromatic nitrogens is 2. The van der Waals surface area contributed by atoms with Crippen LogP contribution in [0, 0.1) is 22.7 Å². The first-order chi connectivity index (χ1) is 9.56. The number of hydrogen-bond donors (Lipinski definition) is 1. The van der Waals surface area contributed by atoms with Gasteiger partial charge in [-0.15, -0.1) is 0 Å². The van der Waals surface area contributed by atoms with Crippen molar-refractivity contribution in [2.45, 2.75) is 4.90 Å². The molecule has 0 fully saturated rings. The summed E-state index contributed by atoms with van der Waals surface area (Å²) in [4.78, 5) is 7.26. The normalized spacial score (nSPS) is 10.3. The van der Waals surface area contributed by atoms with E-state index < -0.39 is 10.0 Å². The molecule has 0 aliphatic carbocycles. The molecular weight excluding hydrogens is 278 g/mol.